The average Bonchev–Trinajstić information content (AvgIpc) is 2.21. The van der Waals surface area contributed by atoms with Crippen molar-refractivity contribution in [3.8, 4) is 0 Å². The van der Waals surface area contributed by atoms with Crippen LogP contribution in [0, 0.1) is 17.8 Å². The van der Waals surface area contributed by atoms with Gasteiger partial charge in [-0.3, -0.25) is 0 Å². The first-order chi connectivity index (χ1) is 7.54. The Morgan fingerprint density at radius 3 is 2.44 bits per heavy atom. The molecule has 0 saturated heterocycles. The van der Waals surface area contributed by atoms with Gasteiger partial charge in [0.05, 0.1) is 0 Å². The quantitative estimate of drug-likeness (QED) is 0.366. The number of rotatable bonds is 5. The molecule has 0 heterocycles. The van der Waals surface area contributed by atoms with Crippen LogP contribution in [0.25, 0.3) is 0 Å². The van der Waals surface area contributed by atoms with Gasteiger partial charge in [-0.25, -0.2) is 0 Å². The SMILES string of the molecule is CCC(CCC(C)I)[C@@H]1CC[C@H](C)CC1I. The minimum Gasteiger partial charge on any atom is -0.0829 e. The Morgan fingerprint density at radius 2 is 1.94 bits per heavy atom. The van der Waals surface area contributed by atoms with Crippen molar-refractivity contribution in [3.05, 3.63) is 0 Å². The summed E-state index contributed by atoms with van der Waals surface area (Å²) in [6.07, 6.45) is 8.68. The maximum Gasteiger partial charge on any atom is 0.0143 e. The second-order valence-corrected chi connectivity index (χ2v) is 9.35. The first-order valence-electron chi connectivity index (χ1n) is 6.82. The number of halogens is 2. The summed E-state index contributed by atoms with van der Waals surface area (Å²) >= 11 is 5.30. The zero-order valence-electron chi connectivity index (χ0n) is 10.9. The molecule has 0 bridgehead atoms. The molecule has 96 valence electrons. The topological polar surface area (TPSA) is 0 Å². The van der Waals surface area contributed by atoms with Gasteiger partial charge in [-0.2, -0.15) is 0 Å². The highest BCUT2D eigenvalue weighted by Gasteiger charge is 2.31. The van der Waals surface area contributed by atoms with Gasteiger partial charge in [-0.05, 0) is 43.4 Å². The Balaban J connectivity index is 2.45. The van der Waals surface area contributed by atoms with Crippen molar-refractivity contribution in [2.75, 3.05) is 0 Å². The second kappa shape index (κ2) is 7.80. The molecule has 0 spiro atoms. The average molecular weight is 448 g/mol. The second-order valence-electron chi connectivity index (χ2n) is 5.62. The molecule has 3 unspecified atom stereocenters. The van der Waals surface area contributed by atoms with Crippen LogP contribution in [0.2, 0.25) is 0 Å². The van der Waals surface area contributed by atoms with E-state index in [9.17, 15) is 0 Å². The monoisotopic (exact) mass is 448 g/mol. The van der Waals surface area contributed by atoms with Gasteiger partial charge in [0.15, 0.2) is 0 Å². The molecule has 5 atom stereocenters. The largest absolute Gasteiger partial charge is 0.0829 e. The maximum absolute atomic E-state index is 2.73. The van der Waals surface area contributed by atoms with Crippen molar-refractivity contribution < 1.29 is 0 Å². The van der Waals surface area contributed by atoms with Crippen molar-refractivity contribution in [2.45, 2.75) is 67.1 Å². The summed E-state index contributed by atoms with van der Waals surface area (Å²) in [6, 6.07) is 0. The van der Waals surface area contributed by atoms with E-state index < -0.39 is 0 Å². The van der Waals surface area contributed by atoms with E-state index in [1.807, 2.05) is 0 Å². The minimum atomic E-state index is 0.849. The fourth-order valence-electron chi connectivity index (χ4n) is 3.03. The first kappa shape index (κ1) is 15.5. The van der Waals surface area contributed by atoms with Crippen LogP contribution in [0.1, 0.15) is 59.3 Å². The lowest BCUT2D eigenvalue weighted by molar-refractivity contribution is 0.212. The molecule has 0 radical (unpaired) electrons. The summed E-state index contributed by atoms with van der Waals surface area (Å²) in [5.74, 6) is 2.97. The molecule has 0 aromatic carbocycles. The number of hydrogen-bond donors (Lipinski definition) is 0. The summed E-state index contributed by atoms with van der Waals surface area (Å²) < 4.78 is 1.79. The van der Waals surface area contributed by atoms with Gasteiger partial charge in [0.25, 0.3) is 0 Å². The minimum absolute atomic E-state index is 0.849. The third kappa shape index (κ3) is 4.99. The lowest BCUT2D eigenvalue weighted by Gasteiger charge is -2.37. The molecular formula is C14H26I2. The fraction of sp³-hybridized carbons (Fsp3) is 1.00. The van der Waals surface area contributed by atoms with Crippen molar-refractivity contribution in [1.82, 2.24) is 0 Å². The molecule has 0 N–H and O–H groups in total. The summed E-state index contributed by atoms with van der Waals surface area (Å²) in [5.41, 5.74) is 0. The molecule has 1 fully saturated rings. The first-order valence-corrected chi connectivity index (χ1v) is 9.31. The van der Waals surface area contributed by atoms with Crippen LogP contribution >= 0.6 is 45.2 Å². The van der Waals surface area contributed by atoms with Gasteiger partial charge in [-0.15, -0.1) is 0 Å². The molecule has 1 aliphatic carbocycles. The van der Waals surface area contributed by atoms with E-state index >= 15 is 0 Å². The highest BCUT2D eigenvalue weighted by atomic mass is 127. The Kier molecular flexibility index (Phi) is 7.56. The maximum atomic E-state index is 2.73. The summed E-state index contributed by atoms with van der Waals surface area (Å²) in [5, 5.41) is 0. The molecule has 0 aromatic rings. The molecule has 0 aliphatic heterocycles. The molecule has 0 amide bonds. The lowest BCUT2D eigenvalue weighted by atomic mass is 9.74. The van der Waals surface area contributed by atoms with E-state index in [0.717, 1.165) is 25.6 Å². The van der Waals surface area contributed by atoms with Crippen LogP contribution < -0.4 is 0 Å². The Labute approximate surface area is 129 Å². The van der Waals surface area contributed by atoms with Crippen molar-refractivity contribution in [1.29, 1.82) is 0 Å². The van der Waals surface area contributed by atoms with Crippen LogP contribution in [-0.2, 0) is 0 Å². The van der Waals surface area contributed by atoms with Crippen molar-refractivity contribution >= 4 is 45.2 Å². The molecular weight excluding hydrogens is 422 g/mol. The van der Waals surface area contributed by atoms with Crippen molar-refractivity contribution in [3.63, 3.8) is 0 Å². The van der Waals surface area contributed by atoms with Gasteiger partial charge in [0.1, 0.15) is 0 Å². The molecule has 16 heavy (non-hydrogen) atoms. The molecule has 1 rings (SSSR count). The van der Waals surface area contributed by atoms with Crippen LogP contribution in [0.5, 0.6) is 0 Å². The van der Waals surface area contributed by atoms with Crippen molar-refractivity contribution in [2.24, 2.45) is 17.8 Å². The van der Waals surface area contributed by atoms with E-state index in [0.29, 0.717) is 0 Å². The zero-order valence-corrected chi connectivity index (χ0v) is 15.2. The van der Waals surface area contributed by atoms with Gasteiger partial charge < -0.3 is 0 Å². The van der Waals surface area contributed by atoms with E-state index in [2.05, 4.69) is 66.0 Å². The number of alkyl halides is 2. The van der Waals surface area contributed by atoms with E-state index in [-0.39, 0.29) is 0 Å². The third-order valence-electron chi connectivity index (χ3n) is 4.15. The van der Waals surface area contributed by atoms with E-state index in [1.165, 1.54) is 38.5 Å². The Hall–Kier alpha value is 1.46. The summed E-state index contributed by atoms with van der Waals surface area (Å²) in [7, 11) is 0. The van der Waals surface area contributed by atoms with Crippen LogP contribution in [0.3, 0.4) is 0 Å². The number of hydrogen-bond acceptors (Lipinski definition) is 0. The van der Waals surface area contributed by atoms with Gasteiger partial charge in [0, 0.05) is 7.85 Å². The lowest BCUT2D eigenvalue weighted by Crippen LogP contribution is -2.30. The third-order valence-corrected chi connectivity index (χ3v) is 6.21. The van der Waals surface area contributed by atoms with Crippen LogP contribution in [0.15, 0.2) is 0 Å². The van der Waals surface area contributed by atoms with Gasteiger partial charge in [0.2, 0.25) is 0 Å². The van der Waals surface area contributed by atoms with Gasteiger partial charge >= 0.3 is 0 Å². The Bertz CT molecular complexity index is 191. The van der Waals surface area contributed by atoms with Crippen LogP contribution in [0.4, 0.5) is 0 Å². The predicted octanol–water partition coefficient (Wildman–Crippen LogP) is 5.86. The molecule has 2 heteroatoms. The highest BCUT2D eigenvalue weighted by Crippen LogP contribution is 2.41. The molecule has 1 saturated carbocycles. The highest BCUT2D eigenvalue weighted by molar-refractivity contribution is 14.1. The molecule has 0 aromatic heterocycles. The molecule has 0 nitrogen and oxygen atoms in total. The summed E-state index contributed by atoms with van der Waals surface area (Å²) in [6.45, 7) is 7.16. The normalized spacial score (nSPS) is 34.7. The fourth-order valence-corrected chi connectivity index (χ4v) is 5.21. The molecule has 1 aliphatic rings. The van der Waals surface area contributed by atoms with Gasteiger partial charge in [-0.1, -0.05) is 78.8 Å². The Morgan fingerprint density at radius 1 is 1.25 bits per heavy atom. The van der Waals surface area contributed by atoms with E-state index in [1.54, 1.807) is 0 Å². The predicted molar refractivity (Wildman–Crippen MR) is 90.8 cm³/mol. The van der Waals surface area contributed by atoms with E-state index in [4.69, 9.17) is 0 Å². The smallest absolute Gasteiger partial charge is 0.0143 e. The standard InChI is InChI=1S/C14H26I2/c1-4-12(7-6-11(3)15)13-8-5-10(2)9-14(13)16/h10-14H,4-9H2,1-3H3/t10-,11?,12?,13-,14?/m0/s1. The van der Waals surface area contributed by atoms with Crippen LogP contribution in [-0.4, -0.2) is 7.85 Å². The summed E-state index contributed by atoms with van der Waals surface area (Å²) in [4.78, 5) is 0. The zero-order chi connectivity index (χ0) is 12.1.